The second-order valence-corrected chi connectivity index (χ2v) is 22.8. The van der Waals surface area contributed by atoms with E-state index in [9.17, 15) is 73.2 Å². The van der Waals surface area contributed by atoms with Gasteiger partial charge in [-0.05, 0) is 68.6 Å². The fourth-order valence-corrected chi connectivity index (χ4v) is 8.79. The first-order valence-electron chi connectivity index (χ1n) is 28.5. The molecule has 1 saturated heterocycles. The summed E-state index contributed by atoms with van der Waals surface area (Å²) >= 11 is 0. The third-order valence-corrected chi connectivity index (χ3v) is 13.6. The molecule has 0 radical (unpaired) electrons. The van der Waals surface area contributed by atoms with E-state index in [0.29, 0.717) is 12.8 Å². The molecule has 1 aliphatic heterocycles. The van der Waals surface area contributed by atoms with Gasteiger partial charge in [0.15, 0.2) is 0 Å². The third-order valence-electron chi connectivity index (χ3n) is 13.6. The van der Waals surface area contributed by atoms with Crippen molar-refractivity contribution in [2.24, 2.45) is 29.6 Å². The Hall–Kier alpha value is -5.95. The van der Waals surface area contributed by atoms with Gasteiger partial charge >= 0.3 is 11.9 Å². The summed E-state index contributed by atoms with van der Waals surface area (Å²) < 4.78 is 5.82. The molecule has 1 heterocycles. The molecular weight excluding hydrogens is 1040 g/mol. The molecule has 0 bridgehead atoms. The molecular formula is C55H97N9O16. The van der Waals surface area contributed by atoms with Gasteiger partial charge in [0, 0.05) is 6.42 Å². The first-order valence-corrected chi connectivity index (χ1v) is 28.5. The van der Waals surface area contributed by atoms with Crippen LogP contribution >= 0.6 is 0 Å². The fourth-order valence-electron chi connectivity index (χ4n) is 8.79. The Bertz CT molecular complexity index is 2040. The predicted molar refractivity (Wildman–Crippen MR) is 295 cm³/mol. The number of hydrogen-bond donors (Lipinski definition) is 13. The zero-order valence-electron chi connectivity index (χ0n) is 49.2. The summed E-state index contributed by atoms with van der Waals surface area (Å²) in [6.45, 7) is 18.3. The quantitative estimate of drug-likeness (QED) is 0.0374. The number of carboxylic acids is 1. The molecule has 458 valence electrons. The van der Waals surface area contributed by atoms with Crippen LogP contribution in [0.1, 0.15) is 173 Å². The van der Waals surface area contributed by atoms with E-state index in [1.807, 2.05) is 0 Å². The lowest BCUT2D eigenvalue weighted by molar-refractivity contribution is -0.158. The lowest BCUT2D eigenvalue weighted by Crippen LogP contribution is -2.64. The lowest BCUT2D eigenvalue weighted by atomic mass is 9.98. The Morgan fingerprint density at radius 2 is 1.06 bits per heavy atom. The summed E-state index contributed by atoms with van der Waals surface area (Å²) in [6.07, 6.45) is 2.25. The maximum atomic E-state index is 14.7. The number of amides is 9. The molecule has 1 aliphatic rings. The van der Waals surface area contributed by atoms with Gasteiger partial charge in [-0.1, -0.05) is 121 Å². The molecule has 0 aromatic heterocycles. The van der Waals surface area contributed by atoms with Crippen LogP contribution in [0.2, 0.25) is 0 Å². The van der Waals surface area contributed by atoms with Crippen molar-refractivity contribution in [2.75, 3.05) is 13.2 Å². The Morgan fingerprint density at radius 1 is 0.575 bits per heavy atom. The highest BCUT2D eigenvalue weighted by atomic mass is 16.5. The molecule has 0 spiro atoms. The standard InChI is InChI=1S/C55H97N9O16/c1-13-15-16-17-18-19-20-35(67)26-42(68)56-37(23-29(3)4)48(72)57-36(21-22-43(69)70)47(71)64-46-34(12)80-55(79)45(33(11)14-2)63-52(76)41(28-66)61-49(73)38(24-30(5)6)58-51(75)40(27-65)60-50(74)39(25-31(7)8)59-53(77)44(32(9)10)62-54(46)78/h29-41,44-46,65-67H,13-28H2,1-12H3,(H,56,68)(H,57,72)(H,58,75)(H,59,77)(H,60,74)(H,61,73)(H,62,78)(H,63,76)(H,64,71)(H,69,70)/t33-,34+,35+,36+,37-,38-,39-,40+,41+,44?,45?,46?/m0/s1. The smallest absolute Gasteiger partial charge is 0.329 e. The van der Waals surface area contributed by atoms with Crippen molar-refractivity contribution in [2.45, 2.75) is 240 Å². The van der Waals surface area contributed by atoms with E-state index in [-0.39, 0.29) is 49.9 Å². The zero-order valence-corrected chi connectivity index (χ0v) is 49.2. The Balaban J connectivity index is 3.96. The Morgan fingerprint density at radius 3 is 1.55 bits per heavy atom. The van der Waals surface area contributed by atoms with Crippen molar-refractivity contribution in [3.8, 4) is 0 Å². The van der Waals surface area contributed by atoms with Crippen LogP contribution in [0.3, 0.4) is 0 Å². The number of carbonyl (C=O) groups is 11. The Labute approximate surface area is 471 Å². The number of cyclic esters (lactones) is 1. The Kier molecular flexibility index (Phi) is 33.5. The number of aliphatic hydroxyl groups excluding tert-OH is 3. The van der Waals surface area contributed by atoms with E-state index >= 15 is 0 Å². The summed E-state index contributed by atoms with van der Waals surface area (Å²) in [5.74, 6) is -13.4. The van der Waals surface area contributed by atoms with Crippen molar-refractivity contribution >= 4 is 65.1 Å². The normalized spacial score (nSPS) is 23.9. The average molecular weight is 1140 g/mol. The summed E-state index contributed by atoms with van der Waals surface area (Å²) in [7, 11) is 0. The molecule has 1 rings (SSSR count). The minimum atomic E-state index is -1.95. The molecule has 0 aromatic rings. The molecule has 80 heavy (non-hydrogen) atoms. The van der Waals surface area contributed by atoms with Gasteiger partial charge < -0.3 is 73.0 Å². The number of esters is 1. The molecule has 1 fully saturated rings. The molecule has 9 amide bonds. The molecule has 25 heteroatoms. The number of carbonyl (C=O) groups excluding carboxylic acids is 10. The largest absolute Gasteiger partial charge is 0.481 e. The van der Waals surface area contributed by atoms with Crippen LogP contribution in [0.15, 0.2) is 0 Å². The van der Waals surface area contributed by atoms with Gasteiger partial charge in [0.25, 0.3) is 0 Å². The second-order valence-electron chi connectivity index (χ2n) is 22.8. The van der Waals surface area contributed by atoms with Crippen LogP contribution in [0.5, 0.6) is 0 Å². The van der Waals surface area contributed by atoms with Gasteiger partial charge in [0.05, 0.1) is 25.7 Å². The van der Waals surface area contributed by atoms with Crippen LogP contribution in [0, 0.1) is 29.6 Å². The number of aliphatic hydroxyl groups is 3. The second kappa shape index (κ2) is 37.1. The molecule has 13 N–H and O–H groups in total. The third kappa shape index (κ3) is 26.5. The number of rotatable bonds is 28. The predicted octanol–water partition coefficient (Wildman–Crippen LogP) is 0.486. The fraction of sp³-hybridized carbons (Fsp3) is 0.800. The van der Waals surface area contributed by atoms with Gasteiger partial charge in [-0.2, -0.15) is 0 Å². The van der Waals surface area contributed by atoms with Crippen molar-refractivity contribution in [1.82, 2.24) is 47.9 Å². The van der Waals surface area contributed by atoms with Crippen LogP contribution in [-0.2, 0) is 57.5 Å². The summed E-state index contributed by atoms with van der Waals surface area (Å²) in [6, 6.07) is -14.1. The van der Waals surface area contributed by atoms with E-state index in [2.05, 4.69) is 54.8 Å². The van der Waals surface area contributed by atoms with Gasteiger partial charge in [0.1, 0.15) is 60.5 Å². The number of ether oxygens (including phenoxy) is 1. The van der Waals surface area contributed by atoms with Crippen molar-refractivity contribution < 1.29 is 77.9 Å². The molecule has 12 atom stereocenters. The summed E-state index contributed by atoms with van der Waals surface area (Å²) in [5.41, 5.74) is 0. The molecule has 0 aliphatic carbocycles. The first kappa shape index (κ1) is 72.1. The number of carboxylic acid groups (broad SMARTS) is 1. The van der Waals surface area contributed by atoms with E-state index in [1.165, 1.54) is 6.92 Å². The summed E-state index contributed by atoms with van der Waals surface area (Å²) in [5, 5.41) is 63.6. The van der Waals surface area contributed by atoms with Gasteiger partial charge in [-0.15, -0.1) is 0 Å². The highest BCUT2D eigenvalue weighted by Crippen LogP contribution is 2.17. The lowest BCUT2D eigenvalue weighted by Gasteiger charge is -2.32. The highest BCUT2D eigenvalue weighted by Gasteiger charge is 2.40. The number of unbranched alkanes of at least 4 members (excludes halogenated alkanes) is 5. The van der Waals surface area contributed by atoms with E-state index in [1.54, 1.807) is 69.2 Å². The molecule has 3 unspecified atom stereocenters. The zero-order chi connectivity index (χ0) is 61.0. The van der Waals surface area contributed by atoms with E-state index in [4.69, 9.17) is 4.74 Å². The summed E-state index contributed by atoms with van der Waals surface area (Å²) in [4.78, 5) is 152. The minimum Gasteiger partial charge on any atom is -0.481 e. The van der Waals surface area contributed by atoms with Gasteiger partial charge in [0.2, 0.25) is 53.2 Å². The topological polar surface area (TPSA) is 386 Å². The van der Waals surface area contributed by atoms with Crippen molar-refractivity contribution in [3.63, 3.8) is 0 Å². The monoisotopic (exact) mass is 1140 g/mol. The van der Waals surface area contributed by atoms with Crippen LogP contribution < -0.4 is 47.9 Å². The molecule has 0 saturated carbocycles. The van der Waals surface area contributed by atoms with Crippen molar-refractivity contribution in [1.29, 1.82) is 0 Å². The van der Waals surface area contributed by atoms with Crippen LogP contribution in [0.4, 0.5) is 0 Å². The van der Waals surface area contributed by atoms with Crippen molar-refractivity contribution in [3.05, 3.63) is 0 Å². The van der Waals surface area contributed by atoms with Gasteiger partial charge in [-0.3, -0.25) is 47.9 Å². The van der Waals surface area contributed by atoms with Crippen LogP contribution in [0.25, 0.3) is 0 Å². The highest BCUT2D eigenvalue weighted by molar-refractivity contribution is 5.99. The first-order chi connectivity index (χ1) is 37.5. The number of nitrogens with one attached hydrogen (secondary N) is 9. The average Bonchev–Trinajstić information content (AvgIpc) is 3.36. The van der Waals surface area contributed by atoms with Crippen LogP contribution in [-0.4, -0.2) is 165 Å². The SMILES string of the molecule is CCCCCCCC[C@@H](O)CC(=O)N[C@@H](CC(C)C)C(=O)N[C@H](CCC(=O)O)C(=O)NC1C(=O)NC(C(C)C)C(=O)N[C@@H](CC(C)C)C(=O)N[C@H](CO)C(=O)N[C@@H](CC(C)C)C(=O)N[C@H](CO)C(=O)NC([C@@H](C)CC)C(=O)O[C@@H]1C. The van der Waals surface area contributed by atoms with E-state index in [0.717, 1.165) is 32.1 Å². The maximum absolute atomic E-state index is 14.7. The van der Waals surface area contributed by atoms with Gasteiger partial charge in [-0.25, -0.2) is 4.79 Å². The molecule has 0 aromatic carbocycles. The maximum Gasteiger partial charge on any atom is 0.329 e. The van der Waals surface area contributed by atoms with E-state index < -0.39 is 170 Å². The molecule has 25 nitrogen and oxygen atoms in total. The number of aliphatic carboxylic acids is 1. The minimum absolute atomic E-state index is 0.00997. The number of hydrogen-bond acceptors (Lipinski definition) is 15.